The molecule has 13 heavy (non-hydrogen) atoms. The van der Waals surface area contributed by atoms with Gasteiger partial charge in [-0.2, -0.15) is 0 Å². The molecule has 1 aliphatic rings. The molecule has 1 rings (SSSR count). The first kappa shape index (κ1) is 10.9. The van der Waals surface area contributed by atoms with Crippen LogP contribution in [-0.2, 0) is 0 Å². The summed E-state index contributed by atoms with van der Waals surface area (Å²) in [6, 6.07) is 0.594. The van der Waals surface area contributed by atoms with Crippen molar-refractivity contribution < 1.29 is 4.39 Å². The van der Waals surface area contributed by atoms with Gasteiger partial charge in [-0.15, -0.1) is 0 Å². The average molecular weight is 188 g/mol. The number of alkyl halides is 1. The van der Waals surface area contributed by atoms with Crippen molar-refractivity contribution in [3.05, 3.63) is 0 Å². The quantitative estimate of drug-likeness (QED) is 0.646. The molecular weight excluding hydrogens is 167 g/mol. The molecule has 1 unspecified atom stereocenters. The van der Waals surface area contributed by atoms with Crippen molar-refractivity contribution in [1.29, 1.82) is 0 Å². The third kappa shape index (κ3) is 2.64. The molecular formula is C10H21FN2. The summed E-state index contributed by atoms with van der Waals surface area (Å²) in [5.41, 5.74) is 0. The van der Waals surface area contributed by atoms with E-state index in [1.165, 1.54) is 0 Å². The SMILES string of the molecule is CC(C)N1CCC(N(C)C)[C@@H](F)C1. The van der Waals surface area contributed by atoms with Crippen molar-refractivity contribution in [2.24, 2.45) is 0 Å². The fourth-order valence-electron chi connectivity index (χ4n) is 1.97. The highest BCUT2D eigenvalue weighted by Crippen LogP contribution is 2.19. The first-order valence-electron chi connectivity index (χ1n) is 5.07. The fraction of sp³-hybridized carbons (Fsp3) is 1.00. The summed E-state index contributed by atoms with van der Waals surface area (Å²) in [7, 11) is 3.92. The van der Waals surface area contributed by atoms with Crippen LogP contribution in [-0.4, -0.2) is 55.2 Å². The maximum absolute atomic E-state index is 13.6. The largest absolute Gasteiger partial charge is 0.303 e. The van der Waals surface area contributed by atoms with Crippen LogP contribution in [0, 0.1) is 0 Å². The highest BCUT2D eigenvalue weighted by Gasteiger charge is 2.31. The molecule has 1 aliphatic heterocycles. The van der Waals surface area contributed by atoms with Crippen LogP contribution in [0.1, 0.15) is 20.3 Å². The average Bonchev–Trinajstić information content (AvgIpc) is 2.03. The van der Waals surface area contributed by atoms with Crippen molar-refractivity contribution in [3.8, 4) is 0 Å². The van der Waals surface area contributed by atoms with Gasteiger partial charge in [-0.1, -0.05) is 0 Å². The minimum absolute atomic E-state index is 0.120. The predicted molar refractivity (Wildman–Crippen MR) is 53.7 cm³/mol. The summed E-state index contributed by atoms with van der Waals surface area (Å²) < 4.78 is 13.6. The molecule has 3 heteroatoms. The first-order valence-corrected chi connectivity index (χ1v) is 5.07. The van der Waals surface area contributed by atoms with Crippen LogP contribution >= 0.6 is 0 Å². The molecule has 0 radical (unpaired) electrons. The number of piperidine rings is 1. The molecule has 1 fully saturated rings. The van der Waals surface area contributed by atoms with E-state index in [1.807, 2.05) is 19.0 Å². The Morgan fingerprint density at radius 3 is 2.38 bits per heavy atom. The second-order valence-corrected chi connectivity index (χ2v) is 4.42. The van der Waals surface area contributed by atoms with Gasteiger partial charge < -0.3 is 4.90 Å². The maximum Gasteiger partial charge on any atom is 0.128 e. The Labute approximate surface area is 80.7 Å². The van der Waals surface area contributed by atoms with E-state index in [1.54, 1.807) is 0 Å². The number of nitrogens with zero attached hydrogens (tertiary/aromatic N) is 2. The van der Waals surface area contributed by atoms with Crippen molar-refractivity contribution >= 4 is 0 Å². The van der Waals surface area contributed by atoms with E-state index in [-0.39, 0.29) is 6.04 Å². The zero-order valence-corrected chi connectivity index (χ0v) is 9.13. The second kappa shape index (κ2) is 4.38. The van der Waals surface area contributed by atoms with E-state index in [9.17, 15) is 4.39 Å². The number of hydrogen-bond donors (Lipinski definition) is 0. The molecule has 0 aliphatic carbocycles. The molecule has 0 aromatic rings. The molecule has 78 valence electrons. The molecule has 2 nitrogen and oxygen atoms in total. The van der Waals surface area contributed by atoms with Crippen LogP contribution in [0.5, 0.6) is 0 Å². The Hall–Kier alpha value is -0.150. The topological polar surface area (TPSA) is 6.48 Å². The van der Waals surface area contributed by atoms with E-state index >= 15 is 0 Å². The van der Waals surface area contributed by atoms with Crippen LogP contribution in [0.25, 0.3) is 0 Å². The van der Waals surface area contributed by atoms with E-state index in [4.69, 9.17) is 0 Å². The predicted octanol–water partition coefficient (Wildman–Crippen LogP) is 1.37. The highest BCUT2D eigenvalue weighted by molar-refractivity contribution is 4.86. The number of likely N-dealkylation sites (tertiary alicyclic amines) is 1. The Bertz CT molecular complexity index is 159. The summed E-state index contributed by atoms with van der Waals surface area (Å²) in [6.45, 7) is 5.88. The molecule has 0 N–H and O–H groups in total. The van der Waals surface area contributed by atoms with Crippen molar-refractivity contribution in [2.45, 2.75) is 38.5 Å². The summed E-state index contributed by atoms with van der Waals surface area (Å²) in [4.78, 5) is 4.22. The van der Waals surface area contributed by atoms with Gasteiger partial charge in [-0.25, -0.2) is 4.39 Å². The standard InChI is InChI=1S/C10H21FN2/c1-8(2)13-6-5-10(12(3)4)9(11)7-13/h8-10H,5-7H2,1-4H3/t9-,10?/m0/s1. The maximum atomic E-state index is 13.6. The summed E-state index contributed by atoms with van der Waals surface area (Å²) >= 11 is 0. The molecule has 0 spiro atoms. The number of hydrogen-bond acceptors (Lipinski definition) is 2. The minimum Gasteiger partial charge on any atom is -0.303 e. The Balaban J connectivity index is 2.46. The van der Waals surface area contributed by atoms with Gasteiger partial charge in [0.05, 0.1) is 0 Å². The fourth-order valence-corrected chi connectivity index (χ4v) is 1.97. The molecule has 0 aromatic heterocycles. The molecule has 1 saturated heterocycles. The van der Waals surface area contributed by atoms with Gasteiger partial charge in [0.25, 0.3) is 0 Å². The van der Waals surface area contributed by atoms with E-state index in [2.05, 4.69) is 18.7 Å². The van der Waals surface area contributed by atoms with Crippen LogP contribution in [0.2, 0.25) is 0 Å². The van der Waals surface area contributed by atoms with Crippen molar-refractivity contribution in [3.63, 3.8) is 0 Å². The molecule has 0 aromatic carbocycles. The van der Waals surface area contributed by atoms with Gasteiger partial charge in [0, 0.05) is 25.2 Å². The number of rotatable bonds is 2. The molecule has 0 amide bonds. The molecule has 0 bridgehead atoms. The Morgan fingerprint density at radius 1 is 1.38 bits per heavy atom. The summed E-state index contributed by atoms with van der Waals surface area (Å²) in [6.07, 6.45) is 0.262. The van der Waals surface area contributed by atoms with Gasteiger partial charge >= 0.3 is 0 Å². The zero-order valence-electron chi connectivity index (χ0n) is 9.13. The second-order valence-electron chi connectivity index (χ2n) is 4.42. The highest BCUT2D eigenvalue weighted by atomic mass is 19.1. The van der Waals surface area contributed by atoms with Gasteiger partial charge in [-0.05, 0) is 34.4 Å². The lowest BCUT2D eigenvalue weighted by Gasteiger charge is -2.39. The van der Waals surface area contributed by atoms with E-state index in [0.717, 1.165) is 13.0 Å². The van der Waals surface area contributed by atoms with Gasteiger partial charge in [-0.3, -0.25) is 4.90 Å². The van der Waals surface area contributed by atoms with Gasteiger partial charge in [0.15, 0.2) is 0 Å². The lowest BCUT2D eigenvalue weighted by Crippen LogP contribution is -2.52. The molecule has 0 saturated carbocycles. The normalized spacial score (nSPS) is 31.6. The first-order chi connectivity index (χ1) is 6.02. The lowest BCUT2D eigenvalue weighted by atomic mass is 10.0. The van der Waals surface area contributed by atoms with Crippen molar-refractivity contribution in [2.75, 3.05) is 27.2 Å². The Kier molecular flexibility index (Phi) is 3.68. The smallest absolute Gasteiger partial charge is 0.128 e. The van der Waals surface area contributed by atoms with Crippen LogP contribution in [0.4, 0.5) is 4.39 Å². The van der Waals surface area contributed by atoms with Crippen LogP contribution < -0.4 is 0 Å². The van der Waals surface area contributed by atoms with Crippen molar-refractivity contribution in [1.82, 2.24) is 9.80 Å². The van der Waals surface area contributed by atoms with Crippen LogP contribution in [0.3, 0.4) is 0 Å². The zero-order chi connectivity index (χ0) is 10.0. The summed E-state index contributed by atoms with van der Waals surface area (Å²) in [5, 5.41) is 0. The number of halogens is 1. The van der Waals surface area contributed by atoms with Crippen LogP contribution in [0.15, 0.2) is 0 Å². The third-order valence-electron chi connectivity index (χ3n) is 2.93. The molecule has 1 heterocycles. The monoisotopic (exact) mass is 188 g/mol. The lowest BCUT2D eigenvalue weighted by molar-refractivity contribution is 0.0435. The van der Waals surface area contributed by atoms with E-state index < -0.39 is 6.17 Å². The van der Waals surface area contributed by atoms with Gasteiger partial charge in [0.1, 0.15) is 6.17 Å². The summed E-state index contributed by atoms with van der Waals surface area (Å²) in [5.74, 6) is 0. The van der Waals surface area contributed by atoms with E-state index in [0.29, 0.717) is 12.6 Å². The Morgan fingerprint density at radius 2 is 2.00 bits per heavy atom. The third-order valence-corrected chi connectivity index (χ3v) is 2.93. The minimum atomic E-state index is -0.689. The molecule has 2 atom stereocenters. The van der Waals surface area contributed by atoms with Gasteiger partial charge in [0.2, 0.25) is 0 Å².